The van der Waals surface area contributed by atoms with Gasteiger partial charge in [-0.25, -0.2) is 9.48 Å². The molecule has 164 valence electrons. The van der Waals surface area contributed by atoms with E-state index >= 15 is 0 Å². The number of hydrogen-bond donors (Lipinski definition) is 1. The number of halogens is 5. The topological polar surface area (TPSA) is 64.3 Å². The maximum atomic E-state index is 12.2. The average Bonchev–Trinajstić information content (AvgIpc) is 3.02. The fourth-order valence-corrected chi connectivity index (χ4v) is 3.53. The predicted molar refractivity (Wildman–Crippen MR) is 112 cm³/mol. The predicted octanol–water partition coefficient (Wildman–Crippen LogP) is 6.57. The normalized spacial score (nSPS) is 11.5. The van der Waals surface area contributed by atoms with Crippen LogP contribution in [-0.2, 0) is 0 Å². The second-order valence-electron chi connectivity index (χ2n) is 6.73. The molecule has 3 rings (SSSR count). The summed E-state index contributed by atoms with van der Waals surface area (Å²) >= 11 is 12.3. The third-order valence-electron chi connectivity index (χ3n) is 4.46. The third-order valence-corrected chi connectivity index (χ3v) is 5.00. The number of aromatic nitrogens is 2. The van der Waals surface area contributed by atoms with Crippen LogP contribution in [-0.4, -0.2) is 33.6 Å². The van der Waals surface area contributed by atoms with E-state index in [9.17, 15) is 23.1 Å². The molecule has 0 saturated heterocycles. The Morgan fingerprint density at radius 3 is 2.42 bits per heavy atom. The zero-order valence-corrected chi connectivity index (χ0v) is 17.7. The highest BCUT2D eigenvalue weighted by Crippen LogP contribution is 2.33. The lowest BCUT2D eigenvalue weighted by Crippen LogP contribution is -2.09. The molecule has 0 unspecified atom stereocenters. The van der Waals surface area contributed by atoms with Crippen molar-refractivity contribution in [2.45, 2.75) is 25.9 Å². The summed E-state index contributed by atoms with van der Waals surface area (Å²) in [6.07, 6.45) is -5.27. The van der Waals surface area contributed by atoms with Crippen LogP contribution in [0.5, 0.6) is 5.75 Å². The molecule has 0 radical (unpaired) electrons. The highest BCUT2D eigenvalue weighted by atomic mass is 35.5. The molecule has 5 nitrogen and oxygen atoms in total. The van der Waals surface area contributed by atoms with Crippen molar-refractivity contribution in [2.75, 3.05) is 6.61 Å². The lowest BCUT2D eigenvalue weighted by Gasteiger charge is -2.12. The number of alkyl halides is 3. The smallest absolute Gasteiger partial charge is 0.389 e. The SMILES string of the molecule is Cc1c(C(=O)O)nn(-c2ccc(Cl)cc2Cl)c1-c1ccc(OCCCC(F)(F)F)cc1. The number of nitrogens with zero attached hydrogens (tertiary/aromatic N) is 2. The van der Waals surface area contributed by atoms with Crippen molar-refractivity contribution in [3.63, 3.8) is 0 Å². The Kier molecular flexibility index (Phi) is 6.81. The number of ether oxygens (including phenoxy) is 1. The first-order valence-electron chi connectivity index (χ1n) is 9.15. The molecule has 1 aromatic heterocycles. The fourth-order valence-electron chi connectivity index (χ4n) is 3.04. The second-order valence-corrected chi connectivity index (χ2v) is 7.57. The van der Waals surface area contributed by atoms with Crippen LogP contribution in [0.2, 0.25) is 10.0 Å². The Morgan fingerprint density at radius 2 is 1.84 bits per heavy atom. The van der Waals surface area contributed by atoms with Gasteiger partial charge in [0.05, 0.1) is 23.0 Å². The van der Waals surface area contributed by atoms with Crippen molar-refractivity contribution in [3.8, 4) is 22.7 Å². The first-order chi connectivity index (χ1) is 14.6. The van der Waals surface area contributed by atoms with E-state index in [-0.39, 0.29) is 23.7 Å². The first kappa shape index (κ1) is 23.0. The molecule has 0 aliphatic carbocycles. The number of aromatic carboxylic acids is 1. The van der Waals surface area contributed by atoms with E-state index in [1.807, 2.05) is 0 Å². The highest BCUT2D eigenvalue weighted by Gasteiger charge is 2.26. The molecule has 0 amide bonds. The molecule has 1 heterocycles. The van der Waals surface area contributed by atoms with Gasteiger partial charge in [-0.15, -0.1) is 0 Å². The number of carboxylic acids is 1. The van der Waals surface area contributed by atoms with Crippen LogP contribution >= 0.6 is 23.2 Å². The van der Waals surface area contributed by atoms with Gasteiger partial charge >= 0.3 is 12.1 Å². The minimum absolute atomic E-state index is 0.0701. The van der Waals surface area contributed by atoms with E-state index in [1.54, 1.807) is 43.3 Å². The highest BCUT2D eigenvalue weighted by molar-refractivity contribution is 6.35. The minimum Gasteiger partial charge on any atom is -0.494 e. The van der Waals surface area contributed by atoms with Gasteiger partial charge in [0.2, 0.25) is 0 Å². The van der Waals surface area contributed by atoms with Crippen molar-refractivity contribution in [1.82, 2.24) is 9.78 Å². The van der Waals surface area contributed by atoms with E-state index in [0.29, 0.717) is 33.3 Å². The molecule has 2 aromatic carbocycles. The molecule has 0 bridgehead atoms. The summed E-state index contributed by atoms with van der Waals surface area (Å²) in [5.41, 5.74) is 1.88. The number of rotatable bonds is 7. The molecular formula is C21H17Cl2F3N2O3. The number of benzene rings is 2. The van der Waals surface area contributed by atoms with Crippen molar-refractivity contribution in [2.24, 2.45) is 0 Å². The Bertz CT molecular complexity index is 1100. The van der Waals surface area contributed by atoms with Gasteiger partial charge in [-0.05, 0) is 55.8 Å². The molecule has 10 heteroatoms. The van der Waals surface area contributed by atoms with Crippen LogP contribution in [0.4, 0.5) is 13.2 Å². The van der Waals surface area contributed by atoms with Gasteiger partial charge in [0.25, 0.3) is 0 Å². The van der Waals surface area contributed by atoms with Crippen LogP contribution in [0.15, 0.2) is 42.5 Å². The number of carboxylic acid groups (broad SMARTS) is 1. The zero-order chi connectivity index (χ0) is 22.8. The second kappa shape index (κ2) is 9.20. The zero-order valence-electron chi connectivity index (χ0n) is 16.2. The van der Waals surface area contributed by atoms with E-state index in [4.69, 9.17) is 27.9 Å². The van der Waals surface area contributed by atoms with E-state index in [0.717, 1.165) is 0 Å². The molecule has 0 aliphatic heterocycles. The van der Waals surface area contributed by atoms with E-state index < -0.39 is 18.6 Å². The Morgan fingerprint density at radius 1 is 1.16 bits per heavy atom. The van der Waals surface area contributed by atoms with Crippen molar-refractivity contribution in [1.29, 1.82) is 0 Å². The maximum absolute atomic E-state index is 12.2. The van der Waals surface area contributed by atoms with E-state index in [2.05, 4.69) is 5.10 Å². The van der Waals surface area contributed by atoms with Gasteiger partial charge in [0.1, 0.15) is 5.75 Å². The summed E-state index contributed by atoms with van der Waals surface area (Å²) in [7, 11) is 0. The molecule has 1 N–H and O–H groups in total. The molecule has 0 atom stereocenters. The molecule has 0 spiro atoms. The molecule has 0 aliphatic rings. The summed E-state index contributed by atoms with van der Waals surface area (Å²) in [6.45, 7) is 1.56. The summed E-state index contributed by atoms with van der Waals surface area (Å²) in [5.74, 6) is -0.787. The largest absolute Gasteiger partial charge is 0.494 e. The number of hydrogen-bond acceptors (Lipinski definition) is 3. The monoisotopic (exact) mass is 472 g/mol. The van der Waals surface area contributed by atoms with Crippen molar-refractivity contribution < 1.29 is 27.8 Å². The Balaban J connectivity index is 1.92. The minimum atomic E-state index is -4.21. The number of carbonyl (C=O) groups is 1. The average molecular weight is 473 g/mol. The van der Waals surface area contributed by atoms with Gasteiger partial charge in [-0.1, -0.05) is 23.2 Å². The summed E-state index contributed by atoms with van der Waals surface area (Å²) in [4.78, 5) is 11.6. The van der Waals surface area contributed by atoms with Gasteiger partial charge in [-0.3, -0.25) is 0 Å². The van der Waals surface area contributed by atoms with Crippen LogP contribution in [0, 0.1) is 6.92 Å². The van der Waals surface area contributed by atoms with Crippen LogP contribution in [0.3, 0.4) is 0 Å². The summed E-state index contributed by atoms with van der Waals surface area (Å²) in [5, 5.41) is 14.4. The Hall–Kier alpha value is -2.71. The molecule has 3 aromatic rings. The summed E-state index contributed by atoms with van der Waals surface area (Å²) < 4.78 is 43.5. The van der Waals surface area contributed by atoms with Crippen molar-refractivity contribution >= 4 is 29.2 Å². The first-order valence-corrected chi connectivity index (χ1v) is 9.91. The van der Waals surface area contributed by atoms with Gasteiger partial charge < -0.3 is 9.84 Å². The Labute approximate surface area is 186 Å². The third kappa shape index (κ3) is 5.51. The van der Waals surface area contributed by atoms with E-state index in [1.165, 1.54) is 10.7 Å². The standard InChI is InChI=1S/C21H17Cl2F3N2O3/c1-12-18(20(29)30)27-28(17-8-5-14(22)11-16(17)23)19(12)13-3-6-15(7-4-13)31-10-2-9-21(24,25)26/h3-8,11H,2,9-10H2,1H3,(H,29,30). The molecular weight excluding hydrogens is 456 g/mol. The lowest BCUT2D eigenvalue weighted by atomic mass is 10.1. The molecule has 0 fully saturated rings. The van der Waals surface area contributed by atoms with Crippen LogP contribution in [0.25, 0.3) is 16.9 Å². The quantitative estimate of drug-likeness (QED) is 0.394. The van der Waals surface area contributed by atoms with Gasteiger partial charge in [-0.2, -0.15) is 18.3 Å². The molecule has 0 saturated carbocycles. The van der Waals surface area contributed by atoms with Crippen LogP contribution in [0.1, 0.15) is 28.9 Å². The maximum Gasteiger partial charge on any atom is 0.389 e. The van der Waals surface area contributed by atoms with Gasteiger partial charge in [0, 0.05) is 22.6 Å². The van der Waals surface area contributed by atoms with Gasteiger partial charge in [0.15, 0.2) is 5.69 Å². The lowest BCUT2D eigenvalue weighted by molar-refractivity contribution is -0.136. The summed E-state index contributed by atoms with van der Waals surface area (Å²) in [6, 6.07) is 11.3. The van der Waals surface area contributed by atoms with Crippen molar-refractivity contribution in [3.05, 3.63) is 63.8 Å². The fraction of sp³-hybridized carbons (Fsp3) is 0.238. The molecule has 31 heavy (non-hydrogen) atoms. The van der Waals surface area contributed by atoms with Crippen LogP contribution < -0.4 is 4.74 Å².